The molecule has 0 radical (unpaired) electrons. The molecule has 1 aliphatic carbocycles. The van der Waals surface area contributed by atoms with Gasteiger partial charge in [0.1, 0.15) is 16.2 Å². The van der Waals surface area contributed by atoms with Crippen LogP contribution in [0.25, 0.3) is 0 Å². The van der Waals surface area contributed by atoms with Crippen molar-refractivity contribution in [3.63, 3.8) is 0 Å². The van der Waals surface area contributed by atoms with Gasteiger partial charge >= 0.3 is 11.9 Å². The summed E-state index contributed by atoms with van der Waals surface area (Å²) in [6.07, 6.45) is 13.8. The van der Waals surface area contributed by atoms with Gasteiger partial charge in [-0.2, -0.15) is 0 Å². The molecule has 0 fully saturated rings. The summed E-state index contributed by atoms with van der Waals surface area (Å²) < 4.78 is 16.5. The Morgan fingerprint density at radius 3 is 2.41 bits per heavy atom. The molecule has 0 spiro atoms. The van der Waals surface area contributed by atoms with Crippen LogP contribution in [0.2, 0.25) is 0 Å². The molecule has 6 nitrogen and oxygen atoms in total. The monoisotopic (exact) mass is 662 g/mol. The lowest BCUT2D eigenvalue weighted by Crippen LogP contribution is -2.57. The standard InChI is InChI=1S/C35H58O6SSi2/c1-8-18-30(36)40-29-25-28(33(2,3)4)27(22-16-11-9-10-13-19-26-20-14-12-15-21-26)31(29)42-24-17-23-34(5,6)35(38,44-41-43)32(37)39-7/h12,14-16,20-22,27-28,38H,8-11,13,17-19,23-25,44H2,1-7,43H3/t27-,28+,35?/m0/s1. The number of methoxy groups -OCH3 is 1. The highest BCUT2D eigenvalue weighted by Crippen LogP contribution is 2.51. The highest BCUT2D eigenvalue weighted by Gasteiger charge is 2.51. The number of carbonyl (C=O) groups excluding carboxylic acids is 2. The van der Waals surface area contributed by atoms with Gasteiger partial charge in [0.2, 0.25) is 0 Å². The van der Waals surface area contributed by atoms with Gasteiger partial charge in [0, 0.05) is 29.1 Å². The zero-order valence-corrected chi connectivity index (χ0v) is 32.8. The molecule has 1 unspecified atom stereocenters. The largest absolute Gasteiger partial charge is 0.467 e. The van der Waals surface area contributed by atoms with E-state index in [9.17, 15) is 14.7 Å². The number of aryl methyl sites for hydroxylation is 1. The van der Waals surface area contributed by atoms with Crippen molar-refractivity contribution in [2.75, 3.05) is 12.9 Å². The second-order valence-corrected chi connectivity index (χ2v) is 18.6. The Kier molecular flexibility index (Phi) is 16.2. The number of rotatable bonds is 19. The molecule has 1 aromatic carbocycles. The van der Waals surface area contributed by atoms with Crippen molar-refractivity contribution in [3.05, 3.63) is 58.7 Å². The van der Waals surface area contributed by atoms with Crippen LogP contribution >= 0.6 is 11.8 Å². The van der Waals surface area contributed by atoms with Crippen molar-refractivity contribution in [2.24, 2.45) is 22.7 Å². The molecule has 0 amide bonds. The second kappa shape index (κ2) is 18.5. The van der Waals surface area contributed by atoms with Gasteiger partial charge in [0.05, 0.1) is 7.11 Å². The fourth-order valence-electron chi connectivity index (χ4n) is 5.99. The lowest BCUT2D eigenvalue weighted by atomic mass is 9.74. The maximum Gasteiger partial charge on any atom is 0.337 e. The summed E-state index contributed by atoms with van der Waals surface area (Å²) in [4.78, 5) is 26.4. The Balaban J connectivity index is 2.13. The van der Waals surface area contributed by atoms with Crippen molar-refractivity contribution < 1.29 is 28.3 Å². The van der Waals surface area contributed by atoms with E-state index in [0.29, 0.717) is 29.2 Å². The molecule has 0 bridgehead atoms. The molecular weight excluding hydrogens is 605 g/mol. The Hall–Kier alpha value is -1.66. The lowest BCUT2D eigenvalue weighted by molar-refractivity contribution is -0.164. The van der Waals surface area contributed by atoms with E-state index >= 15 is 0 Å². The highest BCUT2D eigenvalue weighted by molar-refractivity contribution is 8.03. The molecule has 1 aliphatic rings. The molecule has 0 saturated carbocycles. The average molecular weight is 663 g/mol. The van der Waals surface area contributed by atoms with Crippen molar-refractivity contribution in [1.29, 1.82) is 0 Å². The summed E-state index contributed by atoms with van der Waals surface area (Å²) in [5.41, 5.74) is 0.772. The van der Waals surface area contributed by atoms with Crippen LogP contribution in [-0.4, -0.2) is 55.4 Å². The van der Waals surface area contributed by atoms with Crippen molar-refractivity contribution in [1.82, 2.24) is 0 Å². The first-order chi connectivity index (χ1) is 20.8. The summed E-state index contributed by atoms with van der Waals surface area (Å²) in [5, 5.41) is 9.75. The highest BCUT2D eigenvalue weighted by atomic mass is 32.2. The minimum Gasteiger partial charge on any atom is -0.467 e. The molecule has 0 aliphatic heterocycles. The van der Waals surface area contributed by atoms with Crippen LogP contribution in [0.5, 0.6) is 0 Å². The number of aliphatic hydroxyl groups is 1. The van der Waals surface area contributed by atoms with E-state index in [0.717, 1.165) is 54.9 Å². The van der Waals surface area contributed by atoms with Crippen LogP contribution in [-0.2, 0) is 29.6 Å². The molecular formula is C35H58O6SSi2. The fraction of sp³-hybridized carbons (Fsp3) is 0.657. The third kappa shape index (κ3) is 11.3. The zero-order chi connectivity index (χ0) is 32.8. The van der Waals surface area contributed by atoms with Crippen LogP contribution in [0.15, 0.2) is 53.1 Å². The Bertz CT molecular complexity index is 1100. The molecule has 3 atom stereocenters. The predicted octanol–water partition coefficient (Wildman–Crippen LogP) is 6.36. The van der Waals surface area contributed by atoms with Gasteiger partial charge in [-0.3, -0.25) is 4.79 Å². The Morgan fingerprint density at radius 1 is 1.09 bits per heavy atom. The van der Waals surface area contributed by atoms with Gasteiger partial charge in [0.25, 0.3) is 0 Å². The molecule has 0 saturated heterocycles. The molecule has 1 N–H and O–H groups in total. The van der Waals surface area contributed by atoms with Crippen molar-refractivity contribution in [3.8, 4) is 0 Å². The van der Waals surface area contributed by atoms with E-state index in [4.69, 9.17) is 13.6 Å². The number of hydrogen-bond donors (Lipinski definition) is 1. The zero-order valence-electron chi connectivity index (χ0n) is 28.6. The molecule has 0 heterocycles. The fourth-order valence-corrected chi connectivity index (χ4v) is 9.72. The number of esters is 2. The van der Waals surface area contributed by atoms with E-state index in [2.05, 4.69) is 63.3 Å². The minimum atomic E-state index is -1.56. The molecule has 2 rings (SSSR count). The summed E-state index contributed by atoms with van der Waals surface area (Å²) >= 11 is 1.77. The number of allylic oxidation sites excluding steroid dienone is 4. The van der Waals surface area contributed by atoms with Crippen LogP contribution in [0.3, 0.4) is 0 Å². The van der Waals surface area contributed by atoms with E-state index in [-0.39, 0.29) is 17.3 Å². The number of unbranched alkanes of at least 4 members (excludes halogenated alkanes) is 3. The summed E-state index contributed by atoms with van der Waals surface area (Å²) in [7, 11) is 0.297. The predicted molar refractivity (Wildman–Crippen MR) is 189 cm³/mol. The molecule has 1 aromatic rings. The summed E-state index contributed by atoms with van der Waals surface area (Å²) in [6, 6.07) is 10.7. The van der Waals surface area contributed by atoms with Gasteiger partial charge < -0.3 is 18.7 Å². The third-order valence-electron chi connectivity index (χ3n) is 8.94. The number of hydrogen-bond acceptors (Lipinski definition) is 7. The second-order valence-electron chi connectivity index (χ2n) is 13.8. The lowest BCUT2D eigenvalue weighted by Gasteiger charge is -2.39. The summed E-state index contributed by atoms with van der Waals surface area (Å²) in [6.45, 7) is 12.7. The van der Waals surface area contributed by atoms with Crippen LogP contribution in [0.4, 0.5) is 0 Å². The molecule has 0 aromatic heterocycles. The van der Waals surface area contributed by atoms with Gasteiger partial charge in [0.15, 0.2) is 15.0 Å². The van der Waals surface area contributed by atoms with E-state index < -0.39 is 26.4 Å². The first-order valence-electron chi connectivity index (χ1n) is 16.4. The number of carbonyl (C=O) groups is 2. The number of benzene rings is 1. The molecule has 9 heteroatoms. The van der Waals surface area contributed by atoms with E-state index in [1.807, 2.05) is 20.8 Å². The van der Waals surface area contributed by atoms with E-state index in [1.54, 1.807) is 11.8 Å². The van der Waals surface area contributed by atoms with Crippen LogP contribution in [0, 0.1) is 22.7 Å². The first kappa shape index (κ1) is 38.5. The Labute approximate surface area is 276 Å². The first-order valence-corrected chi connectivity index (χ1v) is 19.5. The van der Waals surface area contributed by atoms with Gasteiger partial charge in [-0.15, -0.1) is 11.8 Å². The maximum absolute atomic E-state index is 12.6. The quantitative estimate of drug-likeness (QED) is 0.0799. The third-order valence-corrected chi connectivity index (χ3v) is 13.1. The van der Waals surface area contributed by atoms with Gasteiger partial charge in [-0.1, -0.05) is 90.4 Å². The van der Waals surface area contributed by atoms with Crippen molar-refractivity contribution >= 4 is 43.9 Å². The minimum absolute atomic E-state index is 0.0442. The van der Waals surface area contributed by atoms with Gasteiger partial charge in [-0.25, -0.2) is 4.79 Å². The average Bonchev–Trinajstić information content (AvgIpc) is 3.32. The number of ether oxygens (including phenoxy) is 2. The van der Waals surface area contributed by atoms with E-state index in [1.165, 1.54) is 25.5 Å². The van der Waals surface area contributed by atoms with Crippen molar-refractivity contribution in [2.45, 2.75) is 111 Å². The smallest absolute Gasteiger partial charge is 0.337 e. The summed E-state index contributed by atoms with van der Waals surface area (Å²) in [5.74, 6) is 1.40. The molecule has 44 heavy (non-hydrogen) atoms. The number of thioether (sulfide) groups is 1. The molecule has 248 valence electrons. The van der Waals surface area contributed by atoms with Crippen LogP contribution < -0.4 is 0 Å². The normalized spacial score (nSPS) is 19.3. The van der Waals surface area contributed by atoms with Crippen LogP contribution in [0.1, 0.15) is 105 Å². The Morgan fingerprint density at radius 2 is 1.80 bits per heavy atom. The maximum atomic E-state index is 12.6. The SMILES string of the molecule is CCCC(=O)OC1=C(SCCCC(C)(C)C(O)([SiH2]O[SiH3])C(=O)OC)[C@@H](C=CCCCCCc2ccccc2)[C@H](C(C)(C)C)C1. The van der Waals surface area contributed by atoms with Gasteiger partial charge in [-0.05, 0) is 67.6 Å². The topological polar surface area (TPSA) is 82.1 Å².